The average molecular weight is 351 g/mol. The summed E-state index contributed by atoms with van der Waals surface area (Å²) in [6, 6.07) is 4.89. The van der Waals surface area contributed by atoms with Gasteiger partial charge in [0.1, 0.15) is 17.3 Å². The molecule has 3 N–H and O–H groups in total. The van der Waals surface area contributed by atoms with Gasteiger partial charge in [-0.05, 0) is 30.7 Å². The lowest BCUT2D eigenvalue weighted by Crippen LogP contribution is -2.13. The van der Waals surface area contributed by atoms with E-state index in [9.17, 15) is 13.5 Å². The maximum Gasteiger partial charge on any atom is 0.283 e. The van der Waals surface area contributed by atoms with E-state index in [0.29, 0.717) is 33.4 Å². The number of aryl methyl sites for hydroxylation is 1. The number of hydrogen-bond acceptors (Lipinski definition) is 8. The predicted molar refractivity (Wildman–Crippen MR) is 91.3 cm³/mol. The summed E-state index contributed by atoms with van der Waals surface area (Å²) >= 11 is 0. The Morgan fingerprint density at radius 2 is 1.71 bits per heavy atom. The van der Waals surface area contributed by atoms with Crippen LogP contribution >= 0.6 is 0 Å². The maximum absolute atomic E-state index is 10.9. The minimum absolute atomic E-state index is 0.0514. The molecule has 9 nitrogen and oxygen atoms in total. The van der Waals surface area contributed by atoms with E-state index in [-0.39, 0.29) is 5.75 Å². The monoisotopic (exact) mass is 351 g/mol. The Bertz CT molecular complexity index is 938. The first kappa shape index (κ1) is 17.8. The number of phenols is 1. The third-order valence-electron chi connectivity index (χ3n) is 3.28. The smallest absolute Gasteiger partial charge is 0.283 e. The van der Waals surface area contributed by atoms with Gasteiger partial charge >= 0.3 is 0 Å². The molecule has 24 heavy (non-hydrogen) atoms. The molecule has 0 bridgehead atoms. The zero-order chi connectivity index (χ0) is 17.9. The Hall–Kier alpha value is -2.59. The number of anilines is 1. The fourth-order valence-electron chi connectivity index (χ4n) is 2.31. The highest BCUT2D eigenvalue weighted by molar-refractivity contribution is 7.85. The van der Waals surface area contributed by atoms with Gasteiger partial charge in [0, 0.05) is 24.9 Å². The highest BCUT2D eigenvalue weighted by atomic mass is 32.2. The molecule has 0 aromatic heterocycles. The van der Waals surface area contributed by atoms with Gasteiger partial charge in [-0.3, -0.25) is 4.55 Å². The fourth-order valence-corrected chi connectivity index (χ4v) is 2.64. The standard InChI is InChI=1S/C14H17N5O4S/c1-8-6-10-9(14(20)12(8)18-15-2)4-5-11(13(10)19-16-3)17-7-24(21,22)23/h4-6,17,20H,7H2,1-3H3,(H,21,22,23). The van der Waals surface area contributed by atoms with Crippen molar-refractivity contribution in [3.8, 4) is 5.75 Å². The minimum Gasteiger partial charge on any atom is -0.505 e. The van der Waals surface area contributed by atoms with Gasteiger partial charge in [-0.2, -0.15) is 28.9 Å². The third kappa shape index (κ3) is 3.66. The molecule has 2 aromatic rings. The van der Waals surface area contributed by atoms with Crippen molar-refractivity contribution in [3.05, 3.63) is 23.8 Å². The minimum atomic E-state index is -4.20. The SMILES string of the molecule is CN=Nc1c(C)cc2c(N=NC)c(NCS(=O)(=O)O)ccc2c1O. The lowest BCUT2D eigenvalue weighted by Gasteiger charge is -2.13. The molecule has 2 rings (SSSR count). The highest BCUT2D eigenvalue weighted by Crippen LogP contribution is 2.44. The molecular weight excluding hydrogens is 334 g/mol. The summed E-state index contributed by atoms with van der Waals surface area (Å²) in [4.78, 5) is 0. The topological polar surface area (TPSA) is 136 Å². The van der Waals surface area contributed by atoms with E-state index in [1.54, 1.807) is 25.1 Å². The van der Waals surface area contributed by atoms with E-state index in [0.717, 1.165) is 0 Å². The van der Waals surface area contributed by atoms with Crippen LogP contribution in [0.5, 0.6) is 5.75 Å². The van der Waals surface area contributed by atoms with Crippen LogP contribution in [0.3, 0.4) is 0 Å². The number of nitrogens with zero attached hydrogens (tertiary/aromatic N) is 4. The Morgan fingerprint density at radius 3 is 2.29 bits per heavy atom. The number of fused-ring (bicyclic) bond motifs is 1. The van der Waals surface area contributed by atoms with Gasteiger partial charge in [0.2, 0.25) is 0 Å². The number of benzene rings is 2. The van der Waals surface area contributed by atoms with Crippen LogP contribution in [-0.2, 0) is 10.1 Å². The molecule has 0 amide bonds. The van der Waals surface area contributed by atoms with Crippen molar-refractivity contribution in [1.82, 2.24) is 0 Å². The molecule has 0 heterocycles. The quantitative estimate of drug-likeness (QED) is 0.559. The molecule has 0 aliphatic rings. The summed E-state index contributed by atoms with van der Waals surface area (Å²) in [5, 5.41) is 29.4. The molecule has 0 unspecified atom stereocenters. The van der Waals surface area contributed by atoms with Crippen molar-refractivity contribution in [2.75, 3.05) is 25.3 Å². The fraction of sp³-hybridized carbons (Fsp3) is 0.286. The van der Waals surface area contributed by atoms with Crippen LogP contribution in [0.25, 0.3) is 10.8 Å². The van der Waals surface area contributed by atoms with Crippen LogP contribution in [0.15, 0.2) is 38.7 Å². The second kappa shape index (κ2) is 6.89. The molecule has 128 valence electrons. The average Bonchev–Trinajstić information content (AvgIpc) is 2.50. The number of azo groups is 2. The van der Waals surface area contributed by atoms with Crippen molar-refractivity contribution in [3.63, 3.8) is 0 Å². The molecule has 0 radical (unpaired) electrons. The zero-order valence-electron chi connectivity index (χ0n) is 13.3. The van der Waals surface area contributed by atoms with Gasteiger partial charge in [-0.25, -0.2) is 0 Å². The molecule has 10 heteroatoms. The van der Waals surface area contributed by atoms with Gasteiger partial charge in [0.05, 0.1) is 5.69 Å². The first-order valence-electron chi connectivity index (χ1n) is 6.86. The summed E-state index contributed by atoms with van der Waals surface area (Å²) in [5.41, 5.74) is 1.72. The summed E-state index contributed by atoms with van der Waals surface area (Å²) < 4.78 is 30.8. The lowest BCUT2D eigenvalue weighted by atomic mass is 10.0. The van der Waals surface area contributed by atoms with Crippen molar-refractivity contribution in [2.24, 2.45) is 20.5 Å². The Labute approximate surface area is 138 Å². The first-order valence-corrected chi connectivity index (χ1v) is 8.47. The number of phenolic OH excluding ortho intramolecular Hbond substituents is 1. The van der Waals surface area contributed by atoms with E-state index in [1.807, 2.05) is 0 Å². The number of rotatable bonds is 5. The van der Waals surface area contributed by atoms with Gasteiger partial charge in [-0.15, -0.1) is 0 Å². The van der Waals surface area contributed by atoms with Crippen LogP contribution in [0.4, 0.5) is 17.1 Å². The number of hydrogen-bond donors (Lipinski definition) is 3. The van der Waals surface area contributed by atoms with Crippen molar-refractivity contribution < 1.29 is 18.1 Å². The molecule has 0 spiro atoms. The van der Waals surface area contributed by atoms with Crippen LogP contribution < -0.4 is 5.32 Å². The maximum atomic E-state index is 10.9. The molecule has 0 atom stereocenters. The van der Waals surface area contributed by atoms with Gasteiger partial charge in [0.15, 0.2) is 5.75 Å². The van der Waals surface area contributed by atoms with E-state index >= 15 is 0 Å². The molecule has 2 aromatic carbocycles. The van der Waals surface area contributed by atoms with Gasteiger partial charge in [0.25, 0.3) is 10.1 Å². The summed E-state index contributed by atoms with van der Waals surface area (Å²) in [6.45, 7) is 1.76. The molecule has 0 fully saturated rings. The number of nitrogens with one attached hydrogen (secondary N) is 1. The lowest BCUT2D eigenvalue weighted by molar-refractivity contribution is 0.482. The number of aromatic hydroxyl groups is 1. The Morgan fingerprint density at radius 1 is 1.08 bits per heavy atom. The molecule has 0 saturated heterocycles. The second-order valence-electron chi connectivity index (χ2n) is 4.95. The first-order chi connectivity index (χ1) is 11.3. The van der Waals surface area contributed by atoms with E-state index in [4.69, 9.17) is 4.55 Å². The Balaban J connectivity index is 2.72. The Kier molecular flexibility index (Phi) is 5.10. The molecule has 0 saturated carbocycles. The van der Waals surface area contributed by atoms with E-state index in [2.05, 4.69) is 25.8 Å². The normalized spacial score (nSPS) is 12.5. The third-order valence-corrected chi connectivity index (χ3v) is 3.79. The predicted octanol–water partition coefficient (Wildman–Crippen LogP) is 3.54. The van der Waals surface area contributed by atoms with Crippen molar-refractivity contribution in [2.45, 2.75) is 6.92 Å². The second-order valence-corrected chi connectivity index (χ2v) is 6.40. The van der Waals surface area contributed by atoms with Crippen molar-refractivity contribution >= 4 is 38.0 Å². The summed E-state index contributed by atoms with van der Waals surface area (Å²) in [7, 11) is -1.23. The zero-order valence-corrected chi connectivity index (χ0v) is 14.2. The van der Waals surface area contributed by atoms with Gasteiger partial charge in [-0.1, -0.05) is 0 Å². The van der Waals surface area contributed by atoms with Crippen molar-refractivity contribution in [1.29, 1.82) is 0 Å². The molecule has 0 aliphatic carbocycles. The van der Waals surface area contributed by atoms with E-state index < -0.39 is 16.0 Å². The summed E-state index contributed by atoms with van der Waals surface area (Å²) in [5.74, 6) is -0.720. The van der Waals surface area contributed by atoms with Crippen LogP contribution in [0.2, 0.25) is 0 Å². The molecular formula is C14H17N5O4S. The summed E-state index contributed by atoms with van der Waals surface area (Å²) in [6.07, 6.45) is 0. The van der Waals surface area contributed by atoms with Gasteiger partial charge < -0.3 is 10.4 Å². The largest absolute Gasteiger partial charge is 0.505 e. The van der Waals surface area contributed by atoms with Crippen LogP contribution in [0, 0.1) is 6.92 Å². The highest BCUT2D eigenvalue weighted by Gasteiger charge is 2.16. The van der Waals surface area contributed by atoms with E-state index in [1.165, 1.54) is 14.1 Å². The van der Waals surface area contributed by atoms with Crippen LogP contribution in [-0.4, -0.2) is 38.0 Å². The van der Waals surface area contributed by atoms with Crippen LogP contribution in [0.1, 0.15) is 5.56 Å². The molecule has 0 aliphatic heterocycles.